The lowest BCUT2D eigenvalue weighted by Crippen LogP contribution is -2.25. The minimum Gasteiger partial charge on any atom is -0.457 e. The van der Waals surface area contributed by atoms with Gasteiger partial charge in [0.25, 0.3) is 11.5 Å². The van der Waals surface area contributed by atoms with Crippen LogP contribution in [0.25, 0.3) is 20.7 Å². The zero-order valence-electron chi connectivity index (χ0n) is 19.0. The lowest BCUT2D eigenvalue weighted by Gasteiger charge is -2.05. The van der Waals surface area contributed by atoms with Gasteiger partial charge in [0.2, 0.25) is 5.01 Å². The molecule has 180 valence electrons. The van der Waals surface area contributed by atoms with E-state index in [1.807, 2.05) is 49.4 Å². The second kappa shape index (κ2) is 10.2. The number of carbonyl (C=O) groups excluding carboxylic acids is 2. The molecule has 0 bridgehead atoms. The number of hydrogen-bond acceptors (Lipinski definition) is 9. The Bertz CT molecular complexity index is 1610. The molecule has 0 saturated carbocycles. The Balaban J connectivity index is 1.20. The normalized spacial score (nSPS) is 10.9. The van der Waals surface area contributed by atoms with Crippen LogP contribution in [-0.4, -0.2) is 31.6 Å². The van der Waals surface area contributed by atoms with Crippen LogP contribution in [-0.2, 0) is 22.7 Å². The molecular formula is C25H19N5O4S2. The van der Waals surface area contributed by atoms with E-state index < -0.39 is 11.9 Å². The van der Waals surface area contributed by atoms with Crippen LogP contribution in [0.2, 0.25) is 0 Å². The van der Waals surface area contributed by atoms with Gasteiger partial charge in [-0.15, -0.1) is 21.5 Å². The maximum atomic E-state index is 12.9. The van der Waals surface area contributed by atoms with Crippen LogP contribution in [0, 0.1) is 6.92 Å². The molecule has 0 saturated heterocycles. The van der Waals surface area contributed by atoms with Crippen LogP contribution in [0.5, 0.6) is 0 Å². The average Bonchev–Trinajstić information content (AvgIpc) is 3.55. The lowest BCUT2D eigenvalue weighted by atomic mass is 10.2. The third kappa shape index (κ3) is 5.21. The summed E-state index contributed by atoms with van der Waals surface area (Å²) < 4.78 is 6.47. The first-order valence-electron chi connectivity index (χ1n) is 10.9. The fourth-order valence-electron chi connectivity index (χ4n) is 3.37. The van der Waals surface area contributed by atoms with Crippen molar-refractivity contribution in [2.24, 2.45) is 0 Å². The molecule has 3 heterocycles. The quantitative estimate of drug-likeness (QED) is 0.320. The highest BCUT2D eigenvalue weighted by atomic mass is 32.1. The van der Waals surface area contributed by atoms with Crippen molar-refractivity contribution >= 4 is 50.5 Å². The molecule has 9 nitrogen and oxygen atoms in total. The molecule has 1 amide bonds. The molecule has 11 heteroatoms. The molecule has 0 spiro atoms. The Labute approximate surface area is 213 Å². The van der Waals surface area contributed by atoms with Gasteiger partial charge in [0.15, 0.2) is 5.01 Å². The number of nitrogens with one attached hydrogen (secondary N) is 1. The van der Waals surface area contributed by atoms with Crippen LogP contribution in [0.15, 0.2) is 71.8 Å². The van der Waals surface area contributed by atoms with Crippen LogP contribution in [0.3, 0.4) is 0 Å². The van der Waals surface area contributed by atoms with Gasteiger partial charge in [0, 0.05) is 10.6 Å². The zero-order valence-corrected chi connectivity index (χ0v) is 20.6. The number of thiophene rings is 1. The first-order chi connectivity index (χ1) is 17.5. The van der Waals surface area contributed by atoms with E-state index in [0.29, 0.717) is 20.9 Å². The highest BCUT2D eigenvalue weighted by Gasteiger charge is 2.16. The summed E-state index contributed by atoms with van der Waals surface area (Å²) in [5.74, 6) is -1.02. The van der Waals surface area contributed by atoms with Gasteiger partial charge in [-0.3, -0.25) is 19.0 Å². The summed E-state index contributed by atoms with van der Waals surface area (Å²) in [4.78, 5) is 43.5. The summed E-state index contributed by atoms with van der Waals surface area (Å²) >= 11 is 2.44. The number of fused-ring (bicyclic) bond motifs is 1. The highest BCUT2D eigenvalue weighted by Crippen LogP contribution is 2.30. The van der Waals surface area contributed by atoms with E-state index in [4.69, 9.17) is 4.74 Å². The molecule has 36 heavy (non-hydrogen) atoms. The molecular weight excluding hydrogens is 498 g/mol. The van der Waals surface area contributed by atoms with Crippen molar-refractivity contribution in [3.63, 3.8) is 0 Å². The maximum absolute atomic E-state index is 12.9. The number of aromatic nitrogens is 4. The Morgan fingerprint density at radius 3 is 2.58 bits per heavy atom. The molecule has 0 radical (unpaired) electrons. The number of anilines is 1. The van der Waals surface area contributed by atoms with Crippen LogP contribution in [0.4, 0.5) is 5.69 Å². The number of ether oxygens (including phenoxy) is 1. The van der Waals surface area contributed by atoms with E-state index in [-0.39, 0.29) is 23.7 Å². The Hall–Kier alpha value is -4.22. The van der Waals surface area contributed by atoms with E-state index >= 15 is 0 Å². The van der Waals surface area contributed by atoms with Gasteiger partial charge in [-0.2, -0.15) is 0 Å². The molecule has 5 aromatic rings. The van der Waals surface area contributed by atoms with Gasteiger partial charge in [0.05, 0.1) is 11.7 Å². The van der Waals surface area contributed by atoms with Crippen LogP contribution < -0.4 is 10.9 Å². The van der Waals surface area contributed by atoms with Gasteiger partial charge in [-0.25, -0.2) is 4.98 Å². The van der Waals surface area contributed by atoms with Crippen LogP contribution >= 0.6 is 22.7 Å². The third-order valence-corrected chi connectivity index (χ3v) is 7.19. The monoisotopic (exact) mass is 517 g/mol. The minimum absolute atomic E-state index is 0.152. The predicted molar refractivity (Wildman–Crippen MR) is 138 cm³/mol. The predicted octanol–water partition coefficient (Wildman–Crippen LogP) is 4.28. The number of benzene rings is 2. The second-order valence-electron chi connectivity index (χ2n) is 7.85. The Morgan fingerprint density at radius 2 is 1.81 bits per heavy atom. The zero-order chi connectivity index (χ0) is 25.1. The number of esters is 1. The van der Waals surface area contributed by atoms with Gasteiger partial charge < -0.3 is 10.1 Å². The summed E-state index contributed by atoms with van der Waals surface area (Å²) in [6.45, 7) is 1.51. The van der Waals surface area contributed by atoms with E-state index in [1.54, 1.807) is 18.2 Å². The van der Waals surface area contributed by atoms with Crippen molar-refractivity contribution in [3.8, 4) is 10.4 Å². The van der Waals surface area contributed by atoms with Crippen molar-refractivity contribution in [3.05, 3.63) is 92.9 Å². The van der Waals surface area contributed by atoms with E-state index in [0.717, 1.165) is 27.3 Å². The third-order valence-electron chi connectivity index (χ3n) is 5.20. The molecule has 0 unspecified atom stereocenters. The van der Waals surface area contributed by atoms with Gasteiger partial charge in [-0.05, 0) is 30.7 Å². The summed E-state index contributed by atoms with van der Waals surface area (Å²) in [7, 11) is 0. The lowest BCUT2D eigenvalue weighted by molar-refractivity contribution is -0.145. The number of hydrogen-bond donors (Lipinski definition) is 1. The SMILES string of the molecule is Cc1ccc(NC(=O)c2nnc(COC(=O)Cn3cnc4sc(-c5ccccc5)cc4c3=O)s2)cc1. The summed E-state index contributed by atoms with van der Waals surface area (Å²) in [6.07, 6.45) is 1.34. The molecule has 0 aliphatic heterocycles. The van der Waals surface area contributed by atoms with E-state index in [2.05, 4.69) is 20.5 Å². The number of carbonyl (C=O) groups is 2. The molecule has 0 atom stereocenters. The summed E-state index contributed by atoms with van der Waals surface area (Å²) in [6, 6.07) is 18.9. The highest BCUT2D eigenvalue weighted by molar-refractivity contribution is 7.21. The maximum Gasteiger partial charge on any atom is 0.326 e. The molecule has 0 fully saturated rings. The van der Waals surface area contributed by atoms with E-state index in [1.165, 1.54) is 22.2 Å². The number of amides is 1. The van der Waals surface area contributed by atoms with E-state index in [9.17, 15) is 14.4 Å². The molecule has 1 N–H and O–H groups in total. The average molecular weight is 518 g/mol. The number of nitrogens with zero attached hydrogens (tertiary/aromatic N) is 4. The molecule has 0 aliphatic carbocycles. The van der Waals surface area contributed by atoms with Crippen molar-refractivity contribution in [1.82, 2.24) is 19.7 Å². The standard InChI is InChI=1S/C25H19N5O4S2/c1-15-7-9-17(10-8-15)27-22(32)24-29-28-20(36-24)13-34-21(31)12-30-14-26-23-18(25(30)33)11-19(35-23)16-5-3-2-4-6-16/h2-11,14H,12-13H2,1H3,(H,27,32). The minimum atomic E-state index is -0.627. The van der Waals surface area contributed by atoms with Crippen LogP contribution in [0.1, 0.15) is 20.4 Å². The fourth-order valence-corrected chi connectivity index (χ4v) is 5.01. The topological polar surface area (TPSA) is 116 Å². The first kappa shape index (κ1) is 23.5. The molecule has 2 aromatic carbocycles. The van der Waals surface area contributed by atoms with Gasteiger partial charge in [0.1, 0.15) is 18.0 Å². The van der Waals surface area contributed by atoms with Gasteiger partial charge >= 0.3 is 5.97 Å². The molecule has 0 aliphatic rings. The molecule has 3 aromatic heterocycles. The van der Waals surface area contributed by atoms with Crippen molar-refractivity contribution in [2.45, 2.75) is 20.1 Å². The van der Waals surface area contributed by atoms with Gasteiger partial charge in [-0.1, -0.05) is 59.4 Å². The second-order valence-corrected chi connectivity index (χ2v) is 9.95. The largest absolute Gasteiger partial charge is 0.457 e. The number of rotatable bonds is 7. The summed E-state index contributed by atoms with van der Waals surface area (Å²) in [5.41, 5.74) is 2.40. The van der Waals surface area contributed by atoms with Crippen molar-refractivity contribution < 1.29 is 14.3 Å². The van der Waals surface area contributed by atoms with Crippen molar-refractivity contribution in [1.29, 1.82) is 0 Å². The summed E-state index contributed by atoms with van der Waals surface area (Å²) in [5, 5.41) is 11.5. The Morgan fingerprint density at radius 1 is 1.03 bits per heavy atom. The number of aryl methyl sites for hydroxylation is 1. The first-order valence-corrected chi connectivity index (χ1v) is 12.5. The Kier molecular flexibility index (Phi) is 6.65. The smallest absolute Gasteiger partial charge is 0.326 e. The fraction of sp³-hybridized carbons (Fsp3) is 0.120. The van der Waals surface area contributed by atoms with Crippen molar-refractivity contribution in [2.75, 3.05) is 5.32 Å². The molecule has 5 rings (SSSR count).